The SMILES string of the molecule is CCOCC(CN)(C(=O)O)c1ccccc1C. The van der Waals surface area contributed by atoms with Crippen molar-refractivity contribution in [3.8, 4) is 0 Å². The van der Waals surface area contributed by atoms with E-state index in [4.69, 9.17) is 10.5 Å². The van der Waals surface area contributed by atoms with Gasteiger partial charge in [0.15, 0.2) is 0 Å². The fourth-order valence-electron chi connectivity index (χ4n) is 1.90. The number of hydrogen-bond acceptors (Lipinski definition) is 3. The lowest BCUT2D eigenvalue weighted by molar-refractivity contribution is -0.146. The van der Waals surface area contributed by atoms with Gasteiger partial charge < -0.3 is 15.6 Å². The summed E-state index contributed by atoms with van der Waals surface area (Å²) in [6.07, 6.45) is 0. The number of aryl methyl sites for hydroxylation is 1. The molecule has 1 atom stereocenters. The van der Waals surface area contributed by atoms with E-state index in [1.807, 2.05) is 32.0 Å². The topological polar surface area (TPSA) is 72.5 Å². The van der Waals surface area contributed by atoms with Gasteiger partial charge in [0.1, 0.15) is 5.41 Å². The Morgan fingerprint density at radius 3 is 2.59 bits per heavy atom. The van der Waals surface area contributed by atoms with Gasteiger partial charge in [-0.3, -0.25) is 4.79 Å². The van der Waals surface area contributed by atoms with Crippen LogP contribution in [0.1, 0.15) is 18.1 Å². The molecule has 0 saturated heterocycles. The number of carbonyl (C=O) groups is 1. The first-order chi connectivity index (χ1) is 8.08. The normalized spacial score (nSPS) is 14.3. The summed E-state index contributed by atoms with van der Waals surface area (Å²) >= 11 is 0. The molecular formula is C13H19NO3. The quantitative estimate of drug-likeness (QED) is 0.782. The molecule has 0 aromatic heterocycles. The van der Waals surface area contributed by atoms with E-state index in [1.165, 1.54) is 0 Å². The molecule has 1 unspecified atom stereocenters. The average Bonchev–Trinajstić information content (AvgIpc) is 2.32. The monoisotopic (exact) mass is 237 g/mol. The molecule has 17 heavy (non-hydrogen) atoms. The zero-order valence-electron chi connectivity index (χ0n) is 10.3. The van der Waals surface area contributed by atoms with Gasteiger partial charge in [0.05, 0.1) is 6.61 Å². The lowest BCUT2D eigenvalue weighted by Crippen LogP contribution is -2.47. The molecule has 0 amide bonds. The van der Waals surface area contributed by atoms with E-state index in [1.54, 1.807) is 6.07 Å². The van der Waals surface area contributed by atoms with Crippen LogP contribution in [0.4, 0.5) is 0 Å². The average molecular weight is 237 g/mol. The van der Waals surface area contributed by atoms with Crippen molar-refractivity contribution in [2.24, 2.45) is 5.73 Å². The Bertz CT molecular complexity index is 392. The summed E-state index contributed by atoms with van der Waals surface area (Å²) in [5.74, 6) is -0.942. The molecule has 0 bridgehead atoms. The molecule has 0 fully saturated rings. The molecule has 0 aliphatic carbocycles. The highest BCUT2D eigenvalue weighted by Crippen LogP contribution is 2.27. The highest BCUT2D eigenvalue weighted by Gasteiger charge is 2.40. The number of hydrogen-bond donors (Lipinski definition) is 2. The molecule has 0 spiro atoms. The lowest BCUT2D eigenvalue weighted by atomic mass is 9.79. The molecule has 0 saturated carbocycles. The van der Waals surface area contributed by atoms with E-state index in [0.717, 1.165) is 11.1 Å². The molecule has 4 heteroatoms. The van der Waals surface area contributed by atoms with E-state index in [9.17, 15) is 9.90 Å². The molecule has 0 aliphatic rings. The van der Waals surface area contributed by atoms with Gasteiger partial charge in [-0.1, -0.05) is 24.3 Å². The second-order valence-corrected chi connectivity index (χ2v) is 4.04. The number of carboxylic acid groups (broad SMARTS) is 1. The fourth-order valence-corrected chi connectivity index (χ4v) is 1.90. The summed E-state index contributed by atoms with van der Waals surface area (Å²) in [5.41, 5.74) is 6.18. The van der Waals surface area contributed by atoms with Gasteiger partial charge in [0.2, 0.25) is 0 Å². The van der Waals surface area contributed by atoms with Crippen LogP contribution < -0.4 is 5.73 Å². The van der Waals surface area contributed by atoms with Crippen LogP contribution in [0.5, 0.6) is 0 Å². The van der Waals surface area contributed by atoms with Crippen LogP contribution in [0, 0.1) is 6.92 Å². The van der Waals surface area contributed by atoms with E-state index < -0.39 is 11.4 Å². The third kappa shape index (κ3) is 2.65. The molecule has 1 aromatic rings. The van der Waals surface area contributed by atoms with Crippen LogP contribution >= 0.6 is 0 Å². The largest absolute Gasteiger partial charge is 0.480 e. The van der Waals surface area contributed by atoms with Crippen LogP contribution in [0.2, 0.25) is 0 Å². The number of aliphatic carboxylic acids is 1. The van der Waals surface area contributed by atoms with Crippen molar-refractivity contribution in [3.05, 3.63) is 35.4 Å². The predicted octanol–water partition coefficient (Wildman–Crippen LogP) is 1.31. The first kappa shape index (κ1) is 13.7. The van der Waals surface area contributed by atoms with E-state index >= 15 is 0 Å². The predicted molar refractivity (Wildman–Crippen MR) is 66.0 cm³/mol. The molecule has 1 rings (SSSR count). The minimum atomic E-state index is -1.15. The van der Waals surface area contributed by atoms with Gasteiger partial charge in [-0.2, -0.15) is 0 Å². The van der Waals surface area contributed by atoms with Crippen LogP contribution in [0.25, 0.3) is 0 Å². The summed E-state index contributed by atoms with van der Waals surface area (Å²) < 4.78 is 5.30. The molecule has 3 N–H and O–H groups in total. The molecule has 0 aliphatic heterocycles. The Morgan fingerprint density at radius 2 is 2.12 bits per heavy atom. The minimum Gasteiger partial charge on any atom is -0.480 e. The number of benzene rings is 1. The third-order valence-electron chi connectivity index (χ3n) is 2.97. The number of ether oxygens (including phenoxy) is 1. The van der Waals surface area contributed by atoms with Gasteiger partial charge in [-0.25, -0.2) is 0 Å². The first-order valence-corrected chi connectivity index (χ1v) is 5.65. The summed E-state index contributed by atoms with van der Waals surface area (Å²) in [6, 6.07) is 7.38. The van der Waals surface area contributed by atoms with Crippen molar-refractivity contribution in [2.75, 3.05) is 19.8 Å². The van der Waals surface area contributed by atoms with E-state index in [0.29, 0.717) is 6.61 Å². The number of carboxylic acids is 1. The first-order valence-electron chi connectivity index (χ1n) is 5.65. The van der Waals surface area contributed by atoms with Gasteiger partial charge >= 0.3 is 5.97 Å². The summed E-state index contributed by atoms with van der Waals surface area (Å²) in [6.45, 7) is 4.31. The zero-order valence-corrected chi connectivity index (χ0v) is 10.3. The van der Waals surface area contributed by atoms with Crippen LogP contribution in [-0.4, -0.2) is 30.8 Å². The Morgan fingerprint density at radius 1 is 1.47 bits per heavy atom. The Balaban J connectivity index is 3.22. The van der Waals surface area contributed by atoms with Crippen LogP contribution in [0.3, 0.4) is 0 Å². The van der Waals surface area contributed by atoms with Crippen molar-refractivity contribution in [1.82, 2.24) is 0 Å². The summed E-state index contributed by atoms with van der Waals surface area (Å²) in [4.78, 5) is 11.6. The second kappa shape index (κ2) is 5.80. The summed E-state index contributed by atoms with van der Waals surface area (Å²) in [5, 5.41) is 9.47. The molecular weight excluding hydrogens is 218 g/mol. The van der Waals surface area contributed by atoms with E-state index in [-0.39, 0.29) is 13.2 Å². The fraction of sp³-hybridized carbons (Fsp3) is 0.462. The second-order valence-electron chi connectivity index (χ2n) is 4.04. The lowest BCUT2D eigenvalue weighted by Gasteiger charge is -2.29. The van der Waals surface area contributed by atoms with Crippen molar-refractivity contribution in [3.63, 3.8) is 0 Å². The van der Waals surface area contributed by atoms with Crippen molar-refractivity contribution in [1.29, 1.82) is 0 Å². The smallest absolute Gasteiger partial charge is 0.317 e. The van der Waals surface area contributed by atoms with Gasteiger partial charge in [-0.15, -0.1) is 0 Å². The maximum absolute atomic E-state index is 11.6. The maximum atomic E-state index is 11.6. The molecule has 1 aromatic carbocycles. The molecule has 0 radical (unpaired) electrons. The van der Waals surface area contributed by atoms with Crippen LogP contribution in [0.15, 0.2) is 24.3 Å². The van der Waals surface area contributed by atoms with Gasteiger partial charge in [0.25, 0.3) is 0 Å². The molecule has 94 valence electrons. The standard InChI is InChI=1S/C13H19NO3/c1-3-17-9-13(8-14,12(15)16)11-7-5-4-6-10(11)2/h4-7H,3,8-9,14H2,1-2H3,(H,15,16). The summed E-state index contributed by atoms with van der Waals surface area (Å²) in [7, 11) is 0. The third-order valence-corrected chi connectivity index (χ3v) is 2.97. The number of rotatable bonds is 6. The Labute approximate surface area is 101 Å². The highest BCUT2D eigenvalue weighted by molar-refractivity contribution is 5.82. The van der Waals surface area contributed by atoms with Crippen molar-refractivity contribution in [2.45, 2.75) is 19.3 Å². The Hall–Kier alpha value is -1.39. The zero-order chi connectivity index (χ0) is 12.9. The van der Waals surface area contributed by atoms with Crippen molar-refractivity contribution < 1.29 is 14.6 Å². The van der Waals surface area contributed by atoms with Gasteiger partial charge in [-0.05, 0) is 25.0 Å². The van der Waals surface area contributed by atoms with Crippen molar-refractivity contribution >= 4 is 5.97 Å². The Kier molecular flexibility index (Phi) is 4.66. The van der Waals surface area contributed by atoms with Gasteiger partial charge in [0, 0.05) is 13.2 Å². The van der Waals surface area contributed by atoms with E-state index in [2.05, 4.69) is 0 Å². The minimum absolute atomic E-state index is 0.0210. The maximum Gasteiger partial charge on any atom is 0.317 e. The highest BCUT2D eigenvalue weighted by atomic mass is 16.5. The molecule has 4 nitrogen and oxygen atoms in total. The number of nitrogens with two attached hydrogens (primary N) is 1. The van der Waals surface area contributed by atoms with Crippen LogP contribution in [-0.2, 0) is 14.9 Å². The molecule has 0 heterocycles.